The Morgan fingerprint density at radius 1 is 1.14 bits per heavy atom. The number of fused-ring (bicyclic) bond motifs is 1. The van der Waals surface area contributed by atoms with Crippen LogP contribution in [0.5, 0.6) is 5.75 Å². The van der Waals surface area contributed by atoms with Gasteiger partial charge in [0.25, 0.3) is 11.7 Å². The highest BCUT2D eigenvalue weighted by Crippen LogP contribution is 2.22. The largest absolute Gasteiger partial charge is 0.508 e. The minimum atomic E-state index is -0.334. The first-order valence-electron chi connectivity index (χ1n) is 9.51. The predicted molar refractivity (Wildman–Crippen MR) is 108 cm³/mol. The molecule has 3 aromatic rings. The molecule has 8 nitrogen and oxygen atoms in total. The van der Waals surface area contributed by atoms with Crippen LogP contribution in [-0.4, -0.2) is 36.8 Å². The zero-order valence-electron chi connectivity index (χ0n) is 16.4. The van der Waals surface area contributed by atoms with Gasteiger partial charge in [0.05, 0.1) is 5.69 Å². The van der Waals surface area contributed by atoms with E-state index in [0.29, 0.717) is 11.7 Å². The fourth-order valence-corrected chi connectivity index (χ4v) is 2.96. The zero-order chi connectivity index (χ0) is 20.1. The monoisotopic (exact) mass is 382 g/mol. The van der Waals surface area contributed by atoms with Crippen LogP contribution in [0.2, 0.25) is 0 Å². The quantitative estimate of drug-likeness (QED) is 0.576. The third kappa shape index (κ3) is 4.97. The Morgan fingerprint density at radius 3 is 2.61 bits per heavy atom. The van der Waals surface area contributed by atoms with Crippen LogP contribution in [0.4, 0.5) is 10.7 Å². The summed E-state index contributed by atoms with van der Waals surface area (Å²) in [5.41, 5.74) is 1.61. The molecule has 2 aromatic heterocycles. The molecule has 0 saturated heterocycles. The molecule has 0 aliphatic carbocycles. The molecule has 0 radical (unpaired) electrons. The van der Waals surface area contributed by atoms with Crippen molar-refractivity contribution in [1.29, 1.82) is 0 Å². The molecule has 3 N–H and O–H groups in total. The van der Waals surface area contributed by atoms with Crippen molar-refractivity contribution in [2.24, 2.45) is 5.92 Å². The maximum absolute atomic E-state index is 12.2. The Bertz CT molecular complexity index is 936. The van der Waals surface area contributed by atoms with Crippen LogP contribution < -0.4 is 10.6 Å². The first-order valence-corrected chi connectivity index (χ1v) is 9.51. The van der Waals surface area contributed by atoms with Gasteiger partial charge in [-0.1, -0.05) is 26.7 Å². The number of phenolic OH excluding ortho intramolecular Hbond substituents is 1. The van der Waals surface area contributed by atoms with E-state index in [4.69, 9.17) is 0 Å². The highest BCUT2D eigenvalue weighted by molar-refractivity contribution is 5.87. The van der Waals surface area contributed by atoms with Crippen molar-refractivity contribution >= 4 is 17.8 Å². The number of urea groups is 1. The first-order chi connectivity index (χ1) is 13.4. The second-order valence-electron chi connectivity index (χ2n) is 7.35. The minimum absolute atomic E-state index is 0.0708. The van der Waals surface area contributed by atoms with E-state index < -0.39 is 0 Å². The number of aromatic nitrogens is 4. The molecule has 0 fully saturated rings. The van der Waals surface area contributed by atoms with E-state index in [9.17, 15) is 9.90 Å². The average Bonchev–Trinajstić information content (AvgIpc) is 3.04. The third-order valence-electron chi connectivity index (χ3n) is 4.43. The number of hydrogen-bond donors (Lipinski definition) is 3. The predicted octanol–water partition coefficient (Wildman–Crippen LogP) is 3.83. The molecule has 8 heteroatoms. The number of hydrogen-bond acceptors (Lipinski definition) is 5. The smallest absolute Gasteiger partial charge is 0.321 e. The van der Waals surface area contributed by atoms with E-state index in [1.54, 1.807) is 41.0 Å². The van der Waals surface area contributed by atoms with Gasteiger partial charge in [-0.05, 0) is 49.6 Å². The van der Waals surface area contributed by atoms with Crippen molar-refractivity contribution in [3.63, 3.8) is 0 Å². The lowest BCUT2D eigenvalue weighted by molar-refractivity contribution is 0.248. The Kier molecular flexibility index (Phi) is 6.08. The van der Waals surface area contributed by atoms with Crippen molar-refractivity contribution in [2.45, 2.75) is 46.1 Å². The van der Waals surface area contributed by atoms with Gasteiger partial charge in [0.1, 0.15) is 5.75 Å². The first kappa shape index (κ1) is 19.6. The molecule has 2 amide bonds. The Balaban J connectivity index is 1.68. The summed E-state index contributed by atoms with van der Waals surface area (Å²) in [4.78, 5) is 20.7. The molecule has 0 aliphatic heterocycles. The number of nitrogens with one attached hydrogen (secondary N) is 2. The number of nitrogens with zero attached hydrogens (tertiary/aromatic N) is 4. The van der Waals surface area contributed by atoms with Gasteiger partial charge >= 0.3 is 6.03 Å². The van der Waals surface area contributed by atoms with Gasteiger partial charge in [-0.2, -0.15) is 9.50 Å². The minimum Gasteiger partial charge on any atom is -0.508 e. The van der Waals surface area contributed by atoms with Crippen molar-refractivity contribution in [2.75, 3.05) is 5.32 Å². The summed E-state index contributed by atoms with van der Waals surface area (Å²) in [6.45, 7) is 6.38. The third-order valence-corrected chi connectivity index (χ3v) is 4.43. The summed E-state index contributed by atoms with van der Waals surface area (Å²) in [7, 11) is 0. The average molecular weight is 382 g/mol. The molecular weight excluding hydrogens is 356 g/mol. The Morgan fingerprint density at radius 2 is 1.89 bits per heavy atom. The van der Waals surface area contributed by atoms with Gasteiger partial charge < -0.3 is 10.4 Å². The molecule has 1 aromatic carbocycles. The second kappa shape index (κ2) is 8.69. The van der Waals surface area contributed by atoms with Crippen LogP contribution in [0.15, 0.2) is 36.5 Å². The van der Waals surface area contributed by atoms with Gasteiger partial charge in [-0.3, -0.25) is 5.32 Å². The van der Waals surface area contributed by atoms with Crippen LogP contribution >= 0.6 is 0 Å². The molecule has 1 unspecified atom stereocenters. The number of aromatic hydroxyl groups is 1. The van der Waals surface area contributed by atoms with E-state index in [0.717, 1.165) is 30.5 Å². The van der Waals surface area contributed by atoms with Crippen molar-refractivity contribution < 1.29 is 9.90 Å². The molecule has 2 heterocycles. The summed E-state index contributed by atoms with van der Waals surface area (Å²) in [6.07, 6.45) is 4.78. The lowest BCUT2D eigenvalue weighted by Gasteiger charge is -2.14. The van der Waals surface area contributed by atoms with E-state index in [1.807, 2.05) is 6.92 Å². The number of anilines is 1. The maximum atomic E-state index is 12.2. The summed E-state index contributed by atoms with van der Waals surface area (Å²) in [6, 6.07) is 8.31. The molecule has 0 bridgehead atoms. The van der Waals surface area contributed by atoms with Gasteiger partial charge in [-0.25, -0.2) is 9.78 Å². The number of carbonyl (C=O) groups excluding carboxylic acids is 1. The van der Waals surface area contributed by atoms with Crippen molar-refractivity contribution in [3.05, 3.63) is 36.5 Å². The summed E-state index contributed by atoms with van der Waals surface area (Å²) in [5, 5.41) is 19.4. The van der Waals surface area contributed by atoms with Gasteiger partial charge in [-0.15, -0.1) is 5.10 Å². The fraction of sp³-hybridized carbons (Fsp3) is 0.400. The van der Waals surface area contributed by atoms with Crippen molar-refractivity contribution in [3.8, 4) is 17.0 Å². The van der Waals surface area contributed by atoms with Crippen LogP contribution in [0.1, 0.15) is 40.0 Å². The molecule has 1 atom stereocenters. The highest BCUT2D eigenvalue weighted by Gasteiger charge is 2.13. The summed E-state index contributed by atoms with van der Waals surface area (Å²) < 4.78 is 1.56. The summed E-state index contributed by atoms with van der Waals surface area (Å²) >= 11 is 0. The number of rotatable bonds is 7. The summed E-state index contributed by atoms with van der Waals surface area (Å²) in [5.74, 6) is 1.42. The normalized spacial score (nSPS) is 12.3. The number of amides is 2. The zero-order valence-corrected chi connectivity index (χ0v) is 16.4. The molecule has 0 aliphatic rings. The van der Waals surface area contributed by atoms with Crippen LogP contribution in [0, 0.1) is 5.92 Å². The fourth-order valence-electron chi connectivity index (χ4n) is 2.96. The van der Waals surface area contributed by atoms with E-state index in [-0.39, 0.29) is 23.8 Å². The number of benzene rings is 1. The van der Waals surface area contributed by atoms with Crippen molar-refractivity contribution in [1.82, 2.24) is 24.9 Å². The van der Waals surface area contributed by atoms with Gasteiger partial charge in [0.15, 0.2) is 0 Å². The number of carbonyl (C=O) groups is 1. The molecule has 0 saturated carbocycles. The number of phenols is 1. The molecule has 0 spiro atoms. The maximum Gasteiger partial charge on any atom is 0.321 e. The molecule has 148 valence electrons. The Labute approximate surface area is 164 Å². The van der Waals surface area contributed by atoms with Gasteiger partial charge in [0, 0.05) is 17.8 Å². The molecule has 3 rings (SSSR count). The van der Waals surface area contributed by atoms with Crippen LogP contribution in [-0.2, 0) is 0 Å². The van der Waals surface area contributed by atoms with E-state index in [1.165, 1.54) is 0 Å². The standard InChI is InChI=1S/C20H26N6O2/c1-13(2)5-4-6-14(3)22-20(28)24-18-23-19-21-12-11-17(26(19)25-18)15-7-9-16(27)10-8-15/h7-14,27H,4-6H2,1-3H3,(H2,22,24,25,28). The van der Waals surface area contributed by atoms with Crippen LogP contribution in [0.3, 0.4) is 0 Å². The van der Waals surface area contributed by atoms with Gasteiger partial charge in [0.2, 0.25) is 0 Å². The Hall–Kier alpha value is -3.16. The SMILES string of the molecule is CC(C)CCCC(C)NC(=O)Nc1nc2nccc(-c3ccc(O)cc3)n2n1. The molecule has 28 heavy (non-hydrogen) atoms. The second-order valence-corrected chi connectivity index (χ2v) is 7.35. The molecular formula is C20H26N6O2. The van der Waals surface area contributed by atoms with E-state index >= 15 is 0 Å². The lowest BCUT2D eigenvalue weighted by atomic mass is 10.0. The van der Waals surface area contributed by atoms with E-state index in [2.05, 4.69) is 39.5 Å². The van der Waals surface area contributed by atoms with Crippen LogP contribution in [0.25, 0.3) is 17.0 Å². The highest BCUT2D eigenvalue weighted by atomic mass is 16.3. The lowest BCUT2D eigenvalue weighted by Crippen LogP contribution is -2.36. The topological polar surface area (TPSA) is 104 Å².